The number of hydrogen-bond donors (Lipinski definition) is 0. The van der Waals surface area contributed by atoms with Gasteiger partial charge in [-0.3, -0.25) is 0 Å². The van der Waals surface area contributed by atoms with Gasteiger partial charge in [0, 0.05) is 8.80 Å². The number of benzene rings is 2. The molecule has 3 rings (SSSR count). The van der Waals surface area contributed by atoms with Gasteiger partial charge >= 0.3 is 21.7 Å². The summed E-state index contributed by atoms with van der Waals surface area (Å²) in [4.78, 5) is 0. The van der Waals surface area contributed by atoms with Crippen molar-refractivity contribution >= 4 is 19.2 Å². The molecule has 0 heterocycles. The molecule has 160 valence electrons. The molecule has 0 saturated carbocycles. The van der Waals surface area contributed by atoms with Crippen LogP contribution in [0, 0.1) is 33.8 Å². The van der Waals surface area contributed by atoms with E-state index in [1.807, 2.05) is 0 Å². The van der Waals surface area contributed by atoms with Crippen LogP contribution in [0.3, 0.4) is 0 Å². The van der Waals surface area contributed by atoms with Crippen molar-refractivity contribution in [2.45, 2.75) is 60.8 Å². The van der Waals surface area contributed by atoms with E-state index in [1.165, 1.54) is 39.8 Å². The Hall–Kier alpha value is -0.279. The first kappa shape index (κ1) is 31.9. The maximum absolute atomic E-state index is 3.71. The van der Waals surface area contributed by atoms with E-state index in [0.29, 0.717) is 0 Å². The summed E-state index contributed by atoms with van der Waals surface area (Å²) in [6, 6.07) is 14.3. The van der Waals surface area contributed by atoms with E-state index in [1.54, 1.807) is 15.6 Å². The molecule has 0 nitrogen and oxygen atoms in total. The summed E-state index contributed by atoms with van der Waals surface area (Å²) >= 11 is 0. The second-order valence-corrected chi connectivity index (χ2v) is 11.0. The van der Waals surface area contributed by atoms with Crippen LogP contribution in [0.1, 0.15) is 55.4 Å². The van der Waals surface area contributed by atoms with E-state index >= 15 is 0 Å². The predicted octanol–water partition coefficient (Wildman–Crippen LogP) is -3.94. The van der Waals surface area contributed by atoms with Crippen molar-refractivity contribution in [1.29, 1.82) is 0 Å². The Morgan fingerprint density at radius 1 is 0.733 bits per heavy atom. The molecular formula is C25H31Cl3SiTi. The quantitative estimate of drug-likeness (QED) is 0.283. The summed E-state index contributed by atoms with van der Waals surface area (Å²) in [5, 5.41) is 4.82. The Kier molecular flexibility index (Phi) is 14.9. The molecule has 0 N–H and O–H groups in total. The molecule has 2 aromatic carbocycles. The number of allylic oxidation sites excluding steroid dienone is 4. The fourth-order valence-electron chi connectivity index (χ4n) is 4.47. The average molecular weight is 514 g/mol. The van der Waals surface area contributed by atoms with Gasteiger partial charge in [0.15, 0.2) is 0 Å². The first-order valence-corrected chi connectivity index (χ1v) is 11.6. The molecule has 2 aromatic rings. The largest absolute Gasteiger partial charge is 4.00 e. The Morgan fingerprint density at radius 3 is 1.50 bits per heavy atom. The summed E-state index contributed by atoms with van der Waals surface area (Å²) in [6.07, 6.45) is 7.18. The Morgan fingerprint density at radius 2 is 1.13 bits per heavy atom. The van der Waals surface area contributed by atoms with Crippen molar-refractivity contribution in [3.05, 3.63) is 81.1 Å². The fourth-order valence-corrected chi connectivity index (χ4v) is 8.45. The van der Waals surface area contributed by atoms with E-state index in [4.69, 9.17) is 0 Å². The topological polar surface area (TPSA) is 0 Å². The van der Waals surface area contributed by atoms with E-state index in [-0.39, 0.29) is 58.9 Å². The molecule has 0 aromatic heterocycles. The third-order valence-electron chi connectivity index (χ3n) is 5.21. The standard InChI is InChI=1S/C25H31Si.3ClH.Ti/c1-7-8-22-11-21(6)16-25(22)26(23-12-17(2)9-18(3)13-23)24-14-19(4)10-20(5)15-24;;;;/h9-10,12-15,26H,7-8,16H2,1-6H3;3*1H;/q-1;;;;+4/p-3. The molecule has 0 fully saturated rings. The zero-order chi connectivity index (χ0) is 18.8. The molecular weight excluding hydrogens is 483 g/mol. The van der Waals surface area contributed by atoms with Gasteiger partial charge in [0.25, 0.3) is 0 Å². The van der Waals surface area contributed by atoms with E-state index in [0.717, 1.165) is 12.8 Å². The number of aryl methyl sites for hydroxylation is 4. The third kappa shape index (κ3) is 7.69. The van der Waals surface area contributed by atoms with Crippen LogP contribution in [0.4, 0.5) is 0 Å². The molecule has 0 bridgehead atoms. The SMILES string of the molecule is CCCC1=C([SiH](c2cc(C)cc(C)c2)c2cc(C)cc(C)c2)CC(C)=[C-]1.[Cl-].[Cl-].[Cl-].[Ti+4]. The van der Waals surface area contributed by atoms with Gasteiger partial charge in [-0.05, 0) is 27.7 Å². The van der Waals surface area contributed by atoms with Gasteiger partial charge in [-0.1, -0.05) is 102 Å². The van der Waals surface area contributed by atoms with Gasteiger partial charge in [-0.15, -0.1) is 0 Å². The molecule has 1 aliphatic rings. The van der Waals surface area contributed by atoms with E-state index in [2.05, 4.69) is 84.0 Å². The third-order valence-corrected chi connectivity index (χ3v) is 8.46. The van der Waals surface area contributed by atoms with Crippen molar-refractivity contribution in [1.82, 2.24) is 0 Å². The normalized spacial score (nSPS) is 12.4. The summed E-state index contributed by atoms with van der Waals surface area (Å²) in [5.74, 6) is 0. The van der Waals surface area contributed by atoms with E-state index < -0.39 is 8.80 Å². The second kappa shape index (κ2) is 14.0. The van der Waals surface area contributed by atoms with Gasteiger partial charge in [-0.25, -0.2) is 16.8 Å². The predicted molar refractivity (Wildman–Crippen MR) is 117 cm³/mol. The fraction of sp³-hybridized carbons (Fsp3) is 0.360. The van der Waals surface area contributed by atoms with Crippen LogP contribution in [-0.4, -0.2) is 8.80 Å². The molecule has 1 aliphatic carbocycles. The van der Waals surface area contributed by atoms with Crippen LogP contribution in [0.5, 0.6) is 0 Å². The summed E-state index contributed by atoms with van der Waals surface area (Å²) in [6.45, 7) is 13.5. The molecule has 0 unspecified atom stereocenters. The van der Waals surface area contributed by atoms with Crippen LogP contribution in [0.15, 0.2) is 52.7 Å². The van der Waals surface area contributed by atoms with Gasteiger partial charge in [0.2, 0.25) is 0 Å². The van der Waals surface area contributed by atoms with Gasteiger partial charge < -0.3 is 37.2 Å². The number of rotatable bonds is 5. The van der Waals surface area contributed by atoms with Crippen LogP contribution in [-0.2, 0) is 21.7 Å². The maximum atomic E-state index is 3.71. The minimum atomic E-state index is -1.45. The molecule has 0 amide bonds. The Bertz CT molecular complexity index is 811. The Labute approximate surface area is 218 Å². The van der Waals surface area contributed by atoms with Crippen molar-refractivity contribution < 1.29 is 58.9 Å². The number of hydrogen-bond acceptors (Lipinski definition) is 0. The van der Waals surface area contributed by atoms with Gasteiger partial charge in [-0.2, -0.15) is 5.57 Å². The van der Waals surface area contributed by atoms with Crippen molar-refractivity contribution in [3.8, 4) is 0 Å². The zero-order valence-electron chi connectivity index (χ0n) is 18.8. The molecule has 30 heavy (non-hydrogen) atoms. The first-order chi connectivity index (χ1) is 12.4. The minimum absolute atomic E-state index is 0. The monoisotopic (exact) mass is 512 g/mol. The van der Waals surface area contributed by atoms with Crippen LogP contribution >= 0.6 is 0 Å². The zero-order valence-corrected chi connectivity index (χ0v) is 23.8. The second-order valence-electron chi connectivity index (χ2n) is 8.11. The van der Waals surface area contributed by atoms with Crippen LogP contribution in [0.25, 0.3) is 0 Å². The number of halogens is 3. The van der Waals surface area contributed by atoms with E-state index in [9.17, 15) is 0 Å². The molecule has 0 aliphatic heterocycles. The first-order valence-electron chi connectivity index (χ1n) is 9.85. The van der Waals surface area contributed by atoms with Gasteiger partial charge in [0.05, 0.1) is 0 Å². The minimum Gasteiger partial charge on any atom is -1.00 e. The molecule has 0 radical (unpaired) electrons. The smallest absolute Gasteiger partial charge is 1.00 e. The summed E-state index contributed by atoms with van der Waals surface area (Å²) in [7, 11) is -1.45. The molecule has 0 atom stereocenters. The molecule has 0 saturated heterocycles. The van der Waals surface area contributed by atoms with Gasteiger partial charge in [0.1, 0.15) is 0 Å². The Balaban J connectivity index is 0. The van der Waals surface area contributed by atoms with Crippen LogP contribution < -0.4 is 47.6 Å². The summed E-state index contributed by atoms with van der Waals surface area (Å²) < 4.78 is 0. The van der Waals surface area contributed by atoms with Crippen LogP contribution in [0.2, 0.25) is 0 Å². The molecule has 0 spiro atoms. The van der Waals surface area contributed by atoms with Crippen molar-refractivity contribution in [3.63, 3.8) is 0 Å². The average Bonchev–Trinajstić information content (AvgIpc) is 2.86. The van der Waals surface area contributed by atoms with Crippen molar-refractivity contribution in [2.24, 2.45) is 0 Å². The maximum Gasteiger partial charge on any atom is 4.00 e. The summed E-state index contributed by atoms with van der Waals surface area (Å²) in [5.41, 5.74) is 8.43. The van der Waals surface area contributed by atoms with Crippen molar-refractivity contribution in [2.75, 3.05) is 0 Å². The molecule has 5 heteroatoms.